The number of anilines is 1. The largest absolute Gasteiger partial charge is 0.279 e. The van der Waals surface area contributed by atoms with Crippen LogP contribution in [0.2, 0.25) is 0 Å². The van der Waals surface area contributed by atoms with E-state index in [1.165, 1.54) is 20.2 Å². The van der Waals surface area contributed by atoms with E-state index in [1.54, 1.807) is 13.8 Å². The minimum Gasteiger partial charge on any atom is -0.279 e. The lowest BCUT2D eigenvalue weighted by Gasteiger charge is -2.17. The topological polar surface area (TPSA) is 83.6 Å². The van der Waals surface area contributed by atoms with E-state index in [9.17, 15) is 25.6 Å². The molecule has 0 aliphatic rings. The molecule has 142 valence electrons. The Bertz CT molecular complexity index is 1070. The van der Waals surface area contributed by atoms with Gasteiger partial charge in [0.15, 0.2) is 0 Å². The zero-order valence-electron chi connectivity index (χ0n) is 14.5. The average molecular weight is 404 g/mol. The van der Waals surface area contributed by atoms with E-state index in [0.29, 0.717) is 23.3 Å². The summed E-state index contributed by atoms with van der Waals surface area (Å²) in [5.74, 6) is -2.03. The van der Waals surface area contributed by atoms with Crippen LogP contribution in [0.25, 0.3) is 0 Å². The van der Waals surface area contributed by atoms with Crippen molar-refractivity contribution >= 4 is 25.7 Å². The number of aryl methyl sites for hydroxylation is 1. The highest BCUT2D eigenvalue weighted by Gasteiger charge is 2.24. The molecule has 0 bridgehead atoms. The molecule has 2 aromatic carbocycles. The Morgan fingerprint density at radius 2 is 1.58 bits per heavy atom. The molecule has 0 heterocycles. The molecular formula is C16H18F2N2O4S2. The number of nitrogens with one attached hydrogen (secondary N) is 1. The summed E-state index contributed by atoms with van der Waals surface area (Å²) in [4.78, 5) is -0.988. The van der Waals surface area contributed by atoms with Gasteiger partial charge < -0.3 is 0 Å². The van der Waals surface area contributed by atoms with Crippen molar-refractivity contribution in [3.63, 3.8) is 0 Å². The van der Waals surface area contributed by atoms with Crippen LogP contribution in [0.5, 0.6) is 0 Å². The Balaban J connectivity index is 2.59. The fraction of sp³-hybridized carbons (Fsp3) is 0.250. The van der Waals surface area contributed by atoms with E-state index >= 15 is 0 Å². The van der Waals surface area contributed by atoms with Crippen molar-refractivity contribution in [2.24, 2.45) is 0 Å². The minimum atomic E-state index is -4.46. The number of halogens is 2. The molecule has 0 saturated heterocycles. The molecule has 0 spiro atoms. The highest BCUT2D eigenvalue weighted by atomic mass is 32.2. The molecule has 0 atom stereocenters. The van der Waals surface area contributed by atoms with Crippen molar-refractivity contribution in [2.45, 2.75) is 23.6 Å². The molecule has 0 fully saturated rings. The van der Waals surface area contributed by atoms with E-state index in [0.717, 1.165) is 16.4 Å². The molecule has 0 aromatic heterocycles. The van der Waals surface area contributed by atoms with Gasteiger partial charge in [-0.15, -0.1) is 0 Å². The van der Waals surface area contributed by atoms with Crippen LogP contribution in [-0.4, -0.2) is 35.2 Å². The van der Waals surface area contributed by atoms with Gasteiger partial charge in [0.2, 0.25) is 10.0 Å². The van der Waals surface area contributed by atoms with Crippen molar-refractivity contribution in [1.82, 2.24) is 4.31 Å². The van der Waals surface area contributed by atoms with Gasteiger partial charge in [-0.25, -0.2) is 29.9 Å². The number of benzene rings is 2. The molecule has 0 saturated carbocycles. The maximum Gasteiger partial charge on any atom is 0.264 e. The SMILES string of the molecule is Cc1cc(S(=O)(=O)N(C)C)cc(NS(=O)(=O)c2cc(F)ccc2F)c1C. The van der Waals surface area contributed by atoms with Crippen molar-refractivity contribution in [3.8, 4) is 0 Å². The van der Waals surface area contributed by atoms with Gasteiger partial charge in [0.1, 0.15) is 16.5 Å². The van der Waals surface area contributed by atoms with E-state index in [4.69, 9.17) is 0 Å². The molecule has 0 amide bonds. The second-order valence-electron chi connectivity index (χ2n) is 5.88. The normalized spacial score (nSPS) is 12.4. The molecular weight excluding hydrogens is 386 g/mol. The van der Waals surface area contributed by atoms with Crippen molar-refractivity contribution in [3.05, 3.63) is 53.1 Å². The fourth-order valence-electron chi connectivity index (χ4n) is 2.17. The lowest BCUT2D eigenvalue weighted by molar-refractivity contribution is 0.520. The first kappa shape index (κ1) is 20.3. The lowest BCUT2D eigenvalue weighted by atomic mass is 10.1. The number of rotatable bonds is 5. The molecule has 6 nitrogen and oxygen atoms in total. The fourth-order valence-corrected chi connectivity index (χ4v) is 4.39. The average Bonchev–Trinajstić information content (AvgIpc) is 2.53. The van der Waals surface area contributed by atoms with Gasteiger partial charge in [0.25, 0.3) is 10.0 Å². The van der Waals surface area contributed by atoms with E-state index in [2.05, 4.69) is 4.72 Å². The van der Waals surface area contributed by atoms with Crippen LogP contribution < -0.4 is 4.72 Å². The monoisotopic (exact) mass is 404 g/mol. The van der Waals surface area contributed by atoms with E-state index < -0.39 is 36.6 Å². The van der Waals surface area contributed by atoms with Crippen molar-refractivity contribution in [2.75, 3.05) is 18.8 Å². The molecule has 0 radical (unpaired) electrons. The Labute approximate surface area is 151 Å². The summed E-state index contributed by atoms with van der Waals surface area (Å²) in [6.45, 7) is 3.20. The standard InChI is InChI=1S/C16H18F2N2O4S2/c1-10-7-13(26(23,24)20(3)4)9-15(11(10)2)19-25(21,22)16-8-12(17)5-6-14(16)18/h5-9,19H,1-4H3. The minimum absolute atomic E-state index is 0.0333. The van der Waals surface area contributed by atoms with Crippen LogP contribution in [0.4, 0.5) is 14.5 Å². The van der Waals surface area contributed by atoms with Gasteiger partial charge >= 0.3 is 0 Å². The zero-order chi connectivity index (χ0) is 19.9. The van der Waals surface area contributed by atoms with Crippen LogP contribution in [0.1, 0.15) is 11.1 Å². The first-order valence-corrected chi connectivity index (χ1v) is 10.3. The summed E-state index contributed by atoms with van der Waals surface area (Å²) < 4.78 is 79.8. The number of hydrogen-bond acceptors (Lipinski definition) is 4. The van der Waals surface area contributed by atoms with Crippen LogP contribution in [0.15, 0.2) is 40.1 Å². The highest BCUT2D eigenvalue weighted by Crippen LogP contribution is 2.28. The van der Waals surface area contributed by atoms with Gasteiger partial charge in [0.05, 0.1) is 10.6 Å². The first-order valence-electron chi connectivity index (χ1n) is 7.38. The van der Waals surface area contributed by atoms with E-state index in [1.807, 2.05) is 0 Å². The summed E-state index contributed by atoms with van der Waals surface area (Å²) >= 11 is 0. The van der Waals surface area contributed by atoms with Crippen LogP contribution in [0.3, 0.4) is 0 Å². The third-order valence-corrected chi connectivity index (χ3v) is 7.02. The van der Waals surface area contributed by atoms with E-state index in [-0.39, 0.29) is 10.6 Å². The number of nitrogens with zero attached hydrogens (tertiary/aromatic N) is 1. The van der Waals surface area contributed by atoms with Gasteiger partial charge in [-0.3, -0.25) is 4.72 Å². The summed E-state index contributed by atoms with van der Waals surface area (Å²) in [6, 6.07) is 4.61. The van der Waals surface area contributed by atoms with Gasteiger partial charge in [-0.05, 0) is 55.3 Å². The van der Waals surface area contributed by atoms with Crippen LogP contribution in [-0.2, 0) is 20.0 Å². The number of hydrogen-bond donors (Lipinski definition) is 1. The Morgan fingerprint density at radius 1 is 0.962 bits per heavy atom. The Morgan fingerprint density at radius 3 is 2.15 bits per heavy atom. The zero-order valence-corrected chi connectivity index (χ0v) is 16.2. The van der Waals surface area contributed by atoms with Crippen LogP contribution in [0, 0.1) is 25.5 Å². The van der Waals surface area contributed by atoms with Gasteiger partial charge in [-0.1, -0.05) is 0 Å². The second kappa shape index (κ2) is 6.93. The third kappa shape index (κ3) is 3.87. The predicted molar refractivity (Wildman–Crippen MR) is 94.0 cm³/mol. The highest BCUT2D eigenvalue weighted by molar-refractivity contribution is 7.92. The molecule has 2 rings (SSSR count). The maximum atomic E-state index is 13.8. The van der Waals surface area contributed by atoms with Crippen molar-refractivity contribution in [1.29, 1.82) is 0 Å². The number of sulfonamides is 2. The summed E-state index contributed by atoms with van der Waals surface area (Å²) in [5.41, 5.74) is 0.947. The second-order valence-corrected chi connectivity index (χ2v) is 9.68. The Hall–Kier alpha value is -2.04. The molecule has 0 aliphatic heterocycles. The molecule has 26 heavy (non-hydrogen) atoms. The maximum absolute atomic E-state index is 13.8. The molecule has 0 aliphatic carbocycles. The smallest absolute Gasteiger partial charge is 0.264 e. The summed E-state index contributed by atoms with van der Waals surface area (Å²) in [6.07, 6.45) is 0. The lowest BCUT2D eigenvalue weighted by Crippen LogP contribution is -2.23. The molecule has 1 N–H and O–H groups in total. The quantitative estimate of drug-likeness (QED) is 0.830. The summed E-state index contributed by atoms with van der Waals surface area (Å²) in [7, 11) is -5.58. The summed E-state index contributed by atoms with van der Waals surface area (Å²) in [5, 5.41) is 0. The van der Waals surface area contributed by atoms with Gasteiger partial charge in [0, 0.05) is 14.1 Å². The third-order valence-electron chi connectivity index (χ3n) is 3.85. The first-order chi connectivity index (χ1) is 11.9. The Kier molecular flexibility index (Phi) is 5.41. The molecule has 2 aromatic rings. The van der Waals surface area contributed by atoms with Crippen molar-refractivity contribution < 1.29 is 25.6 Å². The molecule has 10 heteroatoms. The molecule has 0 unspecified atom stereocenters. The predicted octanol–water partition coefficient (Wildman–Crippen LogP) is 2.63. The van der Waals surface area contributed by atoms with Crippen LogP contribution >= 0.6 is 0 Å². The van der Waals surface area contributed by atoms with Gasteiger partial charge in [-0.2, -0.15) is 0 Å².